The number of carbonyl (C=O) groups is 1. The number of hydrogen-bond donors (Lipinski definition) is 1. The van der Waals surface area contributed by atoms with Crippen LogP contribution in [0.3, 0.4) is 0 Å². The number of anilines is 2. The number of rotatable bonds is 4. The van der Waals surface area contributed by atoms with E-state index in [0.717, 1.165) is 29.6 Å². The van der Waals surface area contributed by atoms with E-state index in [1.165, 1.54) is 0 Å². The predicted molar refractivity (Wildman–Crippen MR) is 125 cm³/mol. The van der Waals surface area contributed by atoms with Gasteiger partial charge in [0.05, 0.1) is 24.1 Å². The summed E-state index contributed by atoms with van der Waals surface area (Å²) in [5, 5.41) is 11.5. The number of nitrogens with zero attached hydrogens (tertiary/aromatic N) is 7. The van der Waals surface area contributed by atoms with Gasteiger partial charge in [-0.05, 0) is 54.0 Å². The lowest BCUT2D eigenvalue weighted by Gasteiger charge is -2.39. The molecule has 0 aliphatic carbocycles. The minimum Gasteiger partial charge on any atom is -0.444 e. The number of aryl methyl sites for hydroxylation is 1. The highest BCUT2D eigenvalue weighted by molar-refractivity contribution is 5.90. The second-order valence-corrected chi connectivity index (χ2v) is 9.32. The van der Waals surface area contributed by atoms with Gasteiger partial charge < -0.3 is 9.64 Å². The van der Waals surface area contributed by atoms with E-state index in [1.54, 1.807) is 24.7 Å². The number of hydrogen-bond acceptors (Lipinski definition) is 8. The van der Waals surface area contributed by atoms with Crippen LogP contribution in [0.25, 0.3) is 17.1 Å². The van der Waals surface area contributed by atoms with E-state index in [1.807, 2.05) is 32.3 Å². The number of carbonyl (C=O) groups excluding carboxylic acids is 1. The van der Waals surface area contributed by atoms with E-state index in [0.29, 0.717) is 17.1 Å². The van der Waals surface area contributed by atoms with Gasteiger partial charge in [0.2, 0.25) is 0 Å². The summed E-state index contributed by atoms with van der Waals surface area (Å²) in [6.07, 6.45) is 5.30. The Morgan fingerprint density at radius 3 is 2.67 bits per heavy atom. The summed E-state index contributed by atoms with van der Waals surface area (Å²) in [6.45, 7) is 13.8. The molecule has 174 valence electrons. The largest absolute Gasteiger partial charge is 0.444 e. The highest BCUT2D eigenvalue weighted by atomic mass is 16.6. The molecule has 33 heavy (non-hydrogen) atoms. The minimum absolute atomic E-state index is 0.0400. The molecule has 1 aliphatic rings. The molecule has 0 saturated carbocycles. The smallest absolute Gasteiger partial charge is 0.412 e. The Bertz CT molecular complexity index is 1180. The van der Waals surface area contributed by atoms with Crippen molar-refractivity contribution in [3.05, 3.63) is 36.3 Å². The van der Waals surface area contributed by atoms with Crippen molar-refractivity contribution in [3.8, 4) is 17.1 Å². The molecule has 10 heteroatoms. The third kappa shape index (κ3) is 4.24. The van der Waals surface area contributed by atoms with Crippen LogP contribution in [-0.2, 0) is 4.74 Å². The van der Waals surface area contributed by atoms with Crippen molar-refractivity contribution in [2.24, 2.45) is 0 Å². The third-order valence-corrected chi connectivity index (χ3v) is 5.36. The van der Waals surface area contributed by atoms with Gasteiger partial charge in [0, 0.05) is 17.8 Å². The summed E-state index contributed by atoms with van der Waals surface area (Å²) in [7, 11) is 0. The zero-order chi connectivity index (χ0) is 23.9. The summed E-state index contributed by atoms with van der Waals surface area (Å²) >= 11 is 0. The molecular formula is C23H30N8O2. The van der Waals surface area contributed by atoms with Crippen LogP contribution < -0.4 is 10.2 Å². The van der Waals surface area contributed by atoms with E-state index in [-0.39, 0.29) is 12.1 Å². The van der Waals surface area contributed by atoms with Crippen LogP contribution in [-0.4, -0.2) is 47.5 Å². The van der Waals surface area contributed by atoms with Crippen LogP contribution in [0.4, 0.5) is 16.3 Å². The maximum absolute atomic E-state index is 12.4. The Hall–Kier alpha value is -3.56. The molecule has 10 nitrogen and oxygen atoms in total. The molecule has 1 N–H and O–H groups in total. The first-order chi connectivity index (χ1) is 15.6. The Labute approximate surface area is 193 Å². The van der Waals surface area contributed by atoms with Crippen molar-refractivity contribution >= 4 is 17.6 Å². The van der Waals surface area contributed by atoms with Crippen LogP contribution in [0.15, 0.2) is 24.7 Å². The number of amides is 1. The number of nitrogens with one attached hydrogen (secondary N) is 1. The van der Waals surface area contributed by atoms with Crippen molar-refractivity contribution in [3.63, 3.8) is 0 Å². The van der Waals surface area contributed by atoms with E-state index in [9.17, 15) is 4.79 Å². The minimum atomic E-state index is -0.615. The summed E-state index contributed by atoms with van der Waals surface area (Å²) in [4.78, 5) is 28.4. The van der Waals surface area contributed by atoms with Gasteiger partial charge in [-0.2, -0.15) is 0 Å². The average molecular weight is 451 g/mol. The standard InChI is InChI=1S/C23H30N8O2/c1-8-17-21-29-28-14(4)31(21)18-12-25-19(27-20(18)30(17)13(2)3)15-9-10-24-11-16(15)26-22(32)33-23(5,6)7/h9-13,17H,8H2,1-7H3,(H,26,32). The van der Waals surface area contributed by atoms with Gasteiger partial charge in [-0.1, -0.05) is 6.92 Å². The Morgan fingerprint density at radius 2 is 2.00 bits per heavy atom. The first-order valence-corrected chi connectivity index (χ1v) is 11.1. The van der Waals surface area contributed by atoms with E-state index < -0.39 is 11.7 Å². The normalized spacial score (nSPS) is 15.3. The second kappa shape index (κ2) is 8.42. The molecule has 0 aromatic carbocycles. The zero-order valence-corrected chi connectivity index (χ0v) is 20.1. The van der Waals surface area contributed by atoms with Crippen LogP contribution in [0.5, 0.6) is 0 Å². The van der Waals surface area contributed by atoms with Crippen LogP contribution >= 0.6 is 0 Å². The van der Waals surface area contributed by atoms with E-state index in [2.05, 4.69) is 51.2 Å². The maximum atomic E-state index is 12.4. The Balaban J connectivity index is 1.80. The SMILES string of the molecule is CCC1c2nnc(C)n2-c2cnc(-c3ccncc3NC(=O)OC(C)(C)C)nc2N1C(C)C. The maximum Gasteiger partial charge on any atom is 0.412 e. The van der Waals surface area contributed by atoms with Crippen molar-refractivity contribution in [2.75, 3.05) is 10.2 Å². The molecule has 3 aromatic rings. The molecule has 0 bridgehead atoms. The van der Waals surface area contributed by atoms with Gasteiger partial charge in [-0.15, -0.1) is 10.2 Å². The van der Waals surface area contributed by atoms with Crippen LogP contribution in [0, 0.1) is 6.92 Å². The molecule has 1 unspecified atom stereocenters. The molecular weight excluding hydrogens is 420 g/mol. The fraction of sp³-hybridized carbons (Fsp3) is 0.478. The Kier molecular flexibility index (Phi) is 5.77. The predicted octanol–water partition coefficient (Wildman–Crippen LogP) is 4.45. The lowest BCUT2D eigenvalue weighted by atomic mass is 10.1. The quantitative estimate of drug-likeness (QED) is 0.620. The fourth-order valence-corrected chi connectivity index (χ4v) is 4.09. The topological polar surface area (TPSA) is 111 Å². The monoisotopic (exact) mass is 450 g/mol. The molecule has 0 spiro atoms. The van der Waals surface area contributed by atoms with Gasteiger partial charge in [0.15, 0.2) is 17.5 Å². The summed E-state index contributed by atoms with van der Waals surface area (Å²) in [5.41, 5.74) is 1.36. The van der Waals surface area contributed by atoms with Gasteiger partial charge in [0.25, 0.3) is 0 Å². The molecule has 4 heterocycles. The summed E-state index contributed by atoms with van der Waals surface area (Å²) < 4.78 is 7.43. The Morgan fingerprint density at radius 1 is 1.24 bits per heavy atom. The molecule has 0 fully saturated rings. The van der Waals surface area contributed by atoms with Gasteiger partial charge in [-0.25, -0.2) is 14.8 Å². The van der Waals surface area contributed by atoms with Crippen LogP contribution in [0.2, 0.25) is 0 Å². The number of aromatic nitrogens is 6. The first-order valence-electron chi connectivity index (χ1n) is 11.1. The summed E-state index contributed by atoms with van der Waals surface area (Å²) in [5.74, 6) is 2.97. The highest BCUT2D eigenvalue weighted by Gasteiger charge is 2.36. The number of pyridine rings is 1. The first kappa shape index (κ1) is 22.6. The lowest BCUT2D eigenvalue weighted by molar-refractivity contribution is 0.0636. The van der Waals surface area contributed by atoms with Crippen molar-refractivity contribution < 1.29 is 9.53 Å². The average Bonchev–Trinajstić information content (AvgIpc) is 3.12. The van der Waals surface area contributed by atoms with Crippen LogP contribution in [0.1, 0.15) is 65.7 Å². The lowest BCUT2D eigenvalue weighted by Crippen LogP contribution is -2.40. The fourth-order valence-electron chi connectivity index (χ4n) is 4.09. The molecule has 1 aliphatic heterocycles. The summed E-state index contributed by atoms with van der Waals surface area (Å²) in [6, 6.07) is 2.00. The third-order valence-electron chi connectivity index (χ3n) is 5.36. The van der Waals surface area contributed by atoms with Crippen molar-refractivity contribution in [2.45, 2.75) is 72.6 Å². The molecule has 0 radical (unpaired) electrons. The van der Waals surface area contributed by atoms with Gasteiger partial charge >= 0.3 is 6.09 Å². The molecule has 1 atom stereocenters. The van der Waals surface area contributed by atoms with Crippen molar-refractivity contribution in [1.82, 2.24) is 29.7 Å². The zero-order valence-electron chi connectivity index (χ0n) is 20.1. The molecule has 0 saturated heterocycles. The molecule has 1 amide bonds. The number of ether oxygens (including phenoxy) is 1. The molecule has 3 aromatic heterocycles. The molecule has 4 rings (SSSR count). The number of fused-ring (bicyclic) bond motifs is 3. The second-order valence-electron chi connectivity index (χ2n) is 9.32. The van der Waals surface area contributed by atoms with E-state index in [4.69, 9.17) is 9.72 Å². The van der Waals surface area contributed by atoms with Gasteiger partial charge in [-0.3, -0.25) is 14.9 Å². The van der Waals surface area contributed by atoms with Gasteiger partial charge in [0.1, 0.15) is 17.1 Å². The van der Waals surface area contributed by atoms with E-state index >= 15 is 0 Å². The highest BCUT2D eigenvalue weighted by Crippen LogP contribution is 2.41. The van der Waals surface area contributed by atoms with Crippen molar-refractivity contribution in [1.29, 1.82) is 0 Å².